The average molecular weight is 343 g/mol. The molecule has 3 aromatic rings. The van der Waals surface area contributed by atoms with Gasteiger partial charge in [-0.3, -0.25) is 4.79 Å². The van der Waals surface area contributed by atoms with Crippen LogP contribution in [-0.4, -0.2) is 26.3 Å². The van der Waals surface area contributed by atoms with E-state index in [0.29, 0.717) is 29.0 Å². The molecule has 7 nitrogen and oxygen atoms in total. The highest BCUT2D eigenvalue weighted by Crippen LogP contribution is 2.22. The van der Waals surface area contributed by atoms with Gasteiger partial charge in [-0.05, 0) is 26.0 Å². The summed E-state index contributed by atoms with van der Waals surface area (Å²) >= 11 is 1.43. The van der Waals surface area contributed by atoms with Crippen molar-refractivity contribution in [3.8, 4) is 0 Å². The predicted molar refractivity (Wildman–Crippen MR) is 94.6 cm³/mol. The van der Waals surface area contributed by atoms with Crippen molar-refractivity contribution in [1.29, 1.82) is 0 Å². The van der Waals surface area contributed by atoms with Crippen molar-refractivity contribution in [2.75, 3.05) is 11.1 Å². The first kappa shape index (κ1) is 16.3. The van der Waals surface area contributed by atoms with Crippen molar-refractivity contribution in [2.24, 2.45) is 0 Å². The van der Waals surface area contributed by atoms with Crippen LogP contribution in [0.4, 0.5) is 11.6 Å². The smallest absolute Gasteiger partial charge is 0.238 e. The minimum atomic E-state index is -0.293. The number of nitrogens with two attached hydrogens (primary N) is 1. The zero-order chi connectivity index (χ0) is 17.1. The molecule has 0 saturated carbocycles. The van der Waals surface area contributed by atoms with E-state index >= 15 is 0 Å². The molecule has 2 heterocycles. The number of para-hydroxylation sites is 1. The summed E-state index contributed by atoms with van der Waals surface area (Å²) in [6, 6.07) is 9.25. The van der Waals surface area contributed by atoms with E-state index in [0.717, 1.165) is 10.9 Å². The fraction of sp³-hybridized carbons (Fsp3) is 0.250. The van der Waals surface area contributed by atoms with Crippen LogP contribution in [0.25, 0.3) is 10.9 Å². The Hall–Kier alpha value is -2.61. The van der Waals surface area contributed by atoms with Gasteiger partial charge in [-0.25, -0.2) is 9.97 Å². The number of nitrogens with zero attached hydrogens (tertiary/aromatic N) is 3. The number of hydrogen-bond acceptors (Lipinski definition) is 7. The van der Waals surface area contributed by atoms with Crippen LogP contribution in [0.5, 0.6) is 0 Å². The van der Waals surface area contributed by atoms with Crippen molar-refractivity contribution in [2.45, 2.75) is 24.9 Å². The van der Waals surface area contributed by atoms with E-state index in [1.165, 1.54) is 11.8 Å². The number of nitrogen functional groups attached to an aromatic ring is 1. The highest BCUT2D eigenvalue weighted by atomic mass is 32.2. The lowest BCUT2D eigenvalue weighted by Gasteiger charge is -2.10. The minimum absolute atomic E-state index is 0.151. The highest BCUT2D eigenvalue weighted by molar-refractivity contribution is 7.99. The lowest BCUT2D eigenvalue weighted by Crippen LogP contribution is -2.22. The largest absolute Gasteiger partial charge is 0.383 e. The number of carbonyl (C=O) groups is 1. The van der Waals surface area contributed by atoms with E-state index in [4.69, 9.17) is 10.3 Å². The molecule has 0 fully saturated rings. The summed E-state index contributed by atoms with van der Waals surface area (Å²) in [6.07, 6.45) is 0. The maximum Gasteiger partial charge on any atom is 0.238 e. The van der Waals surface area contributed by atoms with Crippen LogP contribution < -0.4 is 11.1 Å². The number of rotatable bonds is 5. The number of anilines is 2. The van der Waals surface area contributed by atoms with Gasteiger partial charge in [0, 0.05) is 11.5 Å². The molecule has 0 saturated heterocycles. The van der Waals surface area contributed by atoms with Gasteiger partial charge in [-0.1, -0.05) is 17.3 Å². The summed E-state index contributed by atoms with van der Waals surface area (Å²) in [4.78, 5) is 20.9. The number of nitrogens with one attached hydrogen (secondary N) is 1. The van der Waals surface area contributed by atoms with Crippen molar-refractivity contribution >= 4 is 40.2 Å². The number of amides is 1. The van der Waals surface area contributed by atoms with E-state index in [1.807, 2.05) is 31.2 Å². The molecule has 3 rings (SSSR count). The van der Waals surface area contributed by atoms with Crippen LogP contribution >= 0.6 is 11.8 Å². The number of fused-ring (bicyclic) bond motifs is 1. The molecule has 0 aliphatic rings. The lowest BCUT2D eigenvalue weighted by molar-refractivity contribution is -0.115. The first-order valence-corrected chi connectivity index (χ1v) is 8.44. The first-order chi connectivity index (χ1) is 11.5. The summed E-state index contributed by atoms with van der Waals surface area (Å²) < 4.78 is 4.92. The quantitative estimate of drug-likeness (QED) is 0.733. The monoisotopic (exact) mass is 343 g/mol. The molecule has 24 heavy (non-hydrogen) atoms. The summed E-state index contributed by atoms with van der Waals surface area (Å²) in [5.74, 6) is 2.45. The summed E-state index contributed by atoms with van der Waals surface area (Å²) in [7, 11) is 0. The van der Waals surface area contributed by atoms with Gasteiger partial charge in [0.2, 0.25) is 5.91 Å². The number of aryl methyl sites for hydroxylation is 1. The Morgan fingerprint density at radius 2 is 2.17 bits per heavy atom. The first-order valence-electron chi connectivity index (χ1n) is 7.40. The maximum absolute atomic E-state index is 12.1. The second kappa shape index (κ2) is 6.88. The Balaban J connectivity index is 1.63. The molecular formula is C16H17N5O2S. The van der Waals surface area contributed by atoms with E-state index in [-0.39, 0.29) is 11.2 Å². The molecule has 0 radical (unpaired) electrons. The fourth-order valence-electron chi connectivity index (χ4n) is 2.14. The maximum atomic E-state index is 12.1. The zero-order valence-electron chi connectivity index (χ0n) is 13.3. The Kier molecular flexibility index (Phi) is 4.66. The number of thioether (sulfide) groups is 1. The number of carbonyl (C=O) groups excluding carboxylic acids is 1. The van der Waals surface area contributed by atoms with Crippen LogP contribution in [0.2, 0.25) is 0 Å². The predicted octanol–water partition coefficient (Wildman–Crippen LogP) is 2.77. The fourth-order valence-corrected chi connectivity index (χ4v) is 2.88. The van der Waals surface area contributed by atoms with E-state index in [9.17, 15) is 4.79 Å². The third-order valence-electron chi connectivity index (χ3n) is 3.39. The third kappa shape index (κ3) is 3.65. The van der Waals surface area contributed by atoms with Crippen molar-refractivity contribution in [3.63, 3.8) is 0 Å². The zero-order valence-corrected chi connectivity index (χ0v) is 14.1. The summed E-state index contributed by atoms with van der Waals surface area (Å²) in [6.45, 7) is 3.58. The summed E-state index contributed by atoms with van der Waals surface area (Å²) in [5.41, 5.74) is 6.77. The molecule has 0 unspecified atom stereocenters. The van der Waals surface area contributed by atoms with Gasteiger partial charge in [0.25, 0.3) is 0 Å². The van der Waals surface area contributed by atoms with Gasteiger partial charge in [0.1, 0.15) is 17.4 Å². The van der Waals surface area contributed by atoms with Gasteiger partial charge in [0.05, 0.1) is 16.5 Å². The van der Waals surface area contributed by atoms with Crippen LogP contribution in [-0.2, 0) is 10.5 Å². The van der Waals surface area contributed by atoms with Gasteiger partial charge >= 0.3 is 0 Å². The van der Waals surface area contributed by atoms with Crippen LogP contribution in [0.1, 0.15) is 18.5 Å². The molecule has 0 aliphatic heterocycles. The molecule has 1 amide bonds. The molecule has 2 aromatic heterocycles. The molecule has 0 bridgehead atoms. The number of benzene rings is 1. The van der Waals surface area contributed by atoms with Crippen molar-refractivity contribution in [3.05, 3.63) is 41.9 Å². The standard InChI is InChI=1S/C16H17N5O2S/c1-9-7-13(21-23-9)20-16(22)10(2)24-8-14-18-12-6-4-3-5-11(12)15(17)19-14/h3-7,10H,8H2,1-2H3,(H2,17,18,19)(H,20,21,22)/t10-/m0/s1. The second-order valence-corrected chi connectivity index (χ2v) is 6.64. The lowest BCUT2D eigenvalue weighted by atomic mass is 10.2. The van der Waals surface area contributed by atoms with E-state index in [2.05, 4.69) is 20.4 Å². The molecule has 1 atom stereocenters. The van der Waals surface area contributed by atoms with E-state index in [1.54, 1.807) is 13.0 Å². The molecule has 124 valence electrons. The summed E-state index contributed by atoms with van der Waals surface area (Å²) in [5, 5.41) is 6.99. The van der Waals surface area contributed by atoms with Gasteiger partial charge < -0.3 is 15.6 Å². The molecule has 0 spiro atoms. The normalized spacial score (nSPS) is 12.2. The van der Waals surface area contributed by atoms with Crippen molar-refractivity contribution < 1.29 is 9.32 Å². The Morgan fingerprint density at radius 3 is 2.92 bits per heavy atom. The SMILES string of the molecule is Cc1cc(NC(=O)[C@H](C)SCc2nc(N)c3ccccc3n2)no1. The van der Waals surface area contributed by atoms with E-state index < -0.39 is 0 Å². The molecule has 3 N–H and O–H groups in total. The highest BCUT2D eigenvalue weighted by Gasteiger charge is 2.16. The Morgan fingerprint density at radius 1 is 1.38 bits per heavy atom. The molecular weight excluding hydrogens is 326 g/mol. The van der Waals surface area contributed by atoms with Crippen molar-refractivity contribution in [1.82, 2.24) is 15.1 Å². The average Bonchev–Trinajstić information content (AvgIpc) is 2.97. The van der Waals surface area contributed by atoms with Gasteiger partial charge in [-0.2, -0.15) is 0 Å². The van der Waals surface area contributed by atoms with Crippen LogP contribution in [0.15, 0.2) is 34.9 Å². The molecule has 1 aromatic carbocycles. The van der Waals surface area contributed by atoms with Crippen LogP contribution in [0.3, 0.4) is 0 Å². The van der Waals surface area contributed by atoms with Crippen LogP contribution in [0, 0.1) is 6.92 Å². The molecule has 0 aliphatic carbocycles. The van der Waals surface area contributed by atoms with Gasteiger partial charge in [-0.15, -0.1) is 11.8 Å². The minimum Gasteiger partial charge on any atom is -0.383 e. The number of hydrogen-bond donors (Lipinski definition) is 2. The third-order valence-corrected chi connectivity index (χ3v) is 4.53. The molecule has 8 heteroatoms. The second-order valence-electron chi connectivity index (χ2n) is 5.31. The topological polar surface area (TPSA) is 107 Å². The van der Waals surface area contributed by atoms with Gasteiger partial charge in [0.15, 0.2) is 5.82 Å². The Labute approximate surface area is 143 Å². The number of aromatic nitrogens is 3. The Bertz CT molecular complexity index is 880.